The SMILES string of the molecule is CCCOc1ccc(C(=O)NCCc2ccccc2)cc1OC. The van der Waals surface area contributed by atoms with Crippen molar-refractivity contribution in [2.75, 3.05) is 20.3 Å². The topological polar surface area (TPSA) is 47.6 Å². The summed E-state index contributed by atoms with van der Waals surface area (Å²) >= 11 is 0. The molecule has 0 spiro atoms. The molecule has 0 unspecified atom stereocenters. The normalized spacial score (nSPS) is 10.2. The minimum Gasteiger partial charge on any atom is -0.493 e. The second-order valence-corrected chi connectivity index (χ2v) is 5.21. The monoisotopic (exact) mass is 313 g/mol. The Hall–Kier alpha value is -2.49. The number of carbonyl (C=O) groups excluding carboxylic acids is 1. The minimum absolute atomic E-state index is 0.110. The van der Waals surface area contributed by atoms with E-state index in [4.69, 9.17) is 9.47 Å². The molecular weight excluding hydrogens is 290 g/mol. The van der Waals surface area contributed by atoms with Crippen LogP contribution < -0.4 is 14.8 Å². The Labute approximate surface area is 137 Å². The highest BCUT2D eigenvalue weighted by atomic mass is 16.5. The van der Waals surface area contributed by atoms with Crippen molar-refractivity contribution in [2.45, 2.75) is 19.8 Å². The lowest BCUT2D eigenvalue weighted by Crippen LogP contribution is -2.25. The van der Waals surface area contributed by atoms with E-state index in [2.05, 4.69) is 17.4 Å². The quantitative estimate of drug-likeness (QED) is 0.812. The van der Waals surface area contributed by atoms with Gasteiger partial charge in [0.1, 0.15) is 0 Å². The summed E-state index contributed by atoms with van der Waals surface area (Å²) in [6, 6.07) is 15.3. The number of hydrogen-bond donors (Lipinski definition) is 1. The average molecular weight is 313 g/mol. The first-order valence-electron chi connectivity index (χ1n) is 7.87. The van der Waals surface area contributed by atoms with Crippen LogP contribution in [-0.4, -0.2) is 26.2 Å². The number of methoxy groups -OCH3 is 1. The highest BCUT2D eigenvalue weighted by molar-refractivity contribution is 5.94. The Bertz CT molecular complexity index is 626. The van der Waals surface area contributed by atoms with Gasteiger partial charge in [-0.15, -0.1) is 0 Å². The average Bonchev–Trinajstić information content (AvgIpc) is 2.60. The molecule has 1 N–H and O–H groups in total. The predicted octanol–water partition coefficient (Wildman–Crippen LogP) is 3.46. The molecule has 0 saturated carbocycles. The van der Waals surface area contributed by atoms with Gasteiger partial charge in [-0.3, -0.25) is 4.79 Å². The van der Waals surface area contributed by atoms with Gasteiger partial charge < -0.3 is 14.8 Å². The minimum atomic E-state index is -0.110. The molecule has 0 heterocycles. The zero-order valence-electron chi connectivity index (χ0n) is 13.7. The molecule has 0 aliphatic heterocycles. The lowest BCUT2D eigenvalue weighted by Gasteiger charge is -2.12. The van der Waals surface area contributed by atoms with E-state index in [1.54, 1.807) is 25.3 Å². The first-order valence-corrected chi connectivity index (χ1v) is 7.87. The van der Waals surface area contributed by atoms with Crippen LogP contribution in [0.3, 0.4) is 0 Å². The molecule has 0 radical (unpaired) electrons. The largest absolute Gasteiger partial charge is 0.493 e. The summed E-state index contributed by atoms with van der Waals surface area (Å²) in [6.45, 7) is 3.26. The van der Waals surface area contributed by atoms with Crippen molar-refractivity contribution in [1.29, 1.82) is 0 Å². The number of hydrogen-bond acceptors (Lipinski definition) is 3. The van der Waals surface area contributed by atoms with E-state index >= 15 is 0 Å². The maximum atomic E-state index is 12.2. The van der Waals surface area contributed by atoms with Crippen molar-refractivity contribution in [2.24, 2.45) is 0 Å². The molecule has 0 atom stereocenters. The molecule has 0 bridgehead atoms. The van der Waals surface area contributed by atoms with Gasteiger partial charge >= 0.3 is 0 Å². The van der Waals surface area contributed by atoms with Gasteiger partial charge in [0.05, 0.1) is 13.7 Å². The van der Waals surface area contributed by atoms with E-state index in [0.29, 0.717) is 30.2 Å². The Morgan fingerprint density at radius 1 is 1.09 bits per heavy atom. The van der Waals surface area contributed by atoms with Gasteiger partial charge in [-0.1, -0.05) is 37.3 Å². The first kappa shape index (κ1) is 16.9. The number of rotatable bonds is 8. The van der Waals surface area contributed by atoms with Crippen molar-refractivity contribution < 1.29 is 14.3 Å². The van der Waals surface area contributed by atoms with Gasteiger partial charge in [-0.25, -0.2) is 0 Å². The van der Waals surface area contributed by atoms with Crippen LogP contribution in [0.4, 0.5) is 0 Å². The van der Waals surface area contributed by atoms with Gasteiger partial charge in [0.2, 0.25) is 0 Å². The molecule has 4 nitrogen and oxygen atoms in total. The predicted molar refractivity (Wildman–Crippen MR) is 91.3 cm³/mol. The third-order valence-electron chi connectivity index (χ3n) is 3.43. The third kappa shape index (κ3) is 5.02. The number of amides is 1. The van der Waals surface area contributed by atoms with Gasteiger partial charge in [0.25, 0.3) is 5.91 Å². The van der Waals surface area contributed by atoms with E-state index < -0.39 is 0 Å². The molecule has 2 rings (SSSR count). The number of carbonyl (C=O) groups is 1. The van der Waals surface area contributed by atoms with Crippen molar-refractivity contribution in [3.8, 4) is 11.5 Å². The van der Waals surface area contributed by atoms with E-state index in [0.717, 1.165) is 12.8 Å². The summed E-state index contributed by atoms with van der Waals surface area (Å²) in [5, 5.41) is 2.93. The Kier molecular flexibility index (Phi) is 6.48. The zero-order valence-corrected chi connectivity index (χ0v) is 13.7. The maximum absolute atomic E-state index is 12.2. The number of benzene rings is 2. The van der Waals surface area contributed by atoms with Crippen LogP contribution in [-0.2, 0) is 6.42 Å². The van der Waals surface area contributed by atoms with Crippen molar-refractivity contribution >= 4 is 5.91 Å². The van der Waals surface area contributed by atoms with E-state index in [-0.39, 0.29) is 5.91 Å². The summed E-state index contributed by atoms with van der Waals surface area (Å²) in [4.78, 5) is 12.2. The third-order valence-corrected chi connectivity index (χ3v) is 3.43. The fraction of sp³-hybridized carbons (Fsp3) is 0.316. The molecule has 122 valence electrons. The summed E-state index contributed by atoms with van der Waals surface area (Å²) < 4.78 is 10.9. The molecule has 0 aromatic heterocycles. The molecular formula is C19H23NO3. The second-order valence-electron chi connectivity index (χ2n) is 5.21. The van der Waals surface area contributed by atoms with Gasteiger partial charge in [-0.05, 0) is 36.6 Å². The van der Waals surface area contributed by atoms with Crippen LogP contribution >= 0.6 is 0 Å². The summed E-state index contributed by atoms with van der Waals surface area (Å²) in [6.07, 6.45) is 1.73. The van der Waals surface area contributed by atoms with E-state index in [9.17, 15) is 4.79 Å². The smallest absolute Gasteiger partial charge is 0.251 e. The van der Waals surface area contributed by atoms with Crippen LogP contribution in [0, 0.1) is 0 Å². The van der Waals surface area contributed by atoms with Crippen LogP contribution in [0.1, 0.15) is 29.3 Å². The summed E-state index contributed by atoms with van der Waals surface area (Å²) in [5.74, 6) is 1.13. The lowest BCUT2D eigenvalue weighted by molar-refractivity contribution is 0.0953. The van der Waals surface area contributed by atoms with Gasteiger partial charge in [0.15, 0.2) is 11.5 Å². The summed E-state index contributed by atoms with van der Waals surface area (Å²) in [7, 11) is 1.57. The highest BCUT2D eigenvalue weighted by Gasteiger charge is 2.10. The molecule has 0 aliphatic rings. The number of nitrogens with one attached hydrogen (secondary N) is 1. The molecule has 0 aliphatic carbocycles. The molecule has 2 aromatic carbocycles. The van der Waals surface area contributed by atoms with Crippen LogP contribution in [0.25, 0.3) is 0 Å². The second kappa shape index (κ2) is 8.83. The van der Waals surface area contributed by atoms with E-state index in [1.807, 2.05) is 25.1 Å². The van der Waals surface area contributed by atoms with Crippen LogP contribution in [0.2, 0.25) is 0 Å². The molecule has 2 aromatic rings. The molecule has 23 heavy (non-hydrogen) atoms. The standard InChI is InChI=1S/C19H23NO3/c1-3-13-23-17-10-9-16(14-18(17)22-2)19(21)20-12-11-15-7-5-4-6-8-15/h4-10,14H,3,11-13H2,1-2H3,(H,20,21). The fourth-order valence-corrected chi connectivity index (χ4v) is 2.21. The van der Waals surface area contributed by atoms with Crippen LogP contribution in [0.5, 0.6) is 11.5 Å². The molecule has 0 saturated heterocycles. The zero-order chi connectivity index (χ0) is 16.5. The number of ether oxygens (including phenoxy) is 2. The molecule has 1 amide bonds. The highest BCUT2D eigenvalue weighted by Crippen LogP contribution is 2.28. The lowest BCUT2D eigenvalue weighted by atomic mass is 10.1. The Balaban J connectivity index is 1.93. The first-order chi connectivity index (χ1) is 11.2. The Morgan fingerprint density at radius 3 is 2.57 bits per heavy atom. The molecule has 0 fully saturated rings. The van der Waals surface area contributed by atoms with E-state index in [1.165, 1.54) is 5.56 Å². The fourth-order valence-electron chi connectivity index (χ4n) is 2.21. The molecule has 4 heteroatoms. The Morgan fingerprint density at radius 2 is 1.87 bits per heavy atom. The van der Waals surface area contributed by atoms with Crippen molar-refractivity contribution in [1.82, 2.24) is 5.32 Å². The van der Waals surface area contributed by atoms with Gasteiger partial charge in [-0.2, -0.15) is 0 Å². The van der Waals surface area contributed by atoms with Crippen molar-refractivity contribution in [3.05, 3.63) is 59.7 Å². The van der Waals surface area contributed by atoms with Crippen molar-refractivity contribution in [3.63, 3.8) is 0 Å². The summed E-state index contributed by atoms with van der Waals surface area (Å²) in [5.41, 5.74) is 1.77. The maximum Gasteiger partial charge on any atom is 0.251 e. The van der Waals surface area contributed by atoms with Crippen LogP contribution in [0.15, 0.2) is 48.5 Å². The van der Waals surface area contributed by atoms with Gasteiger partial charge in [0, 0.05) is 12.1 Å².